The lowest BCUT2D eigenvalue weighted by Crippen LogP contribution is -2.22. The first-order valence-electron chi connectivity index (χ1n) is 10.7. The standard InChI is InChI=1S/C23H24F3N5OS/c24-23(25,26)18-8-10-19(11-9-18)27-21(32)16-33-22-29-28-20(15-30-12-4-5-13-30)31(22)14-17-6-2-1-3-7-17/h1-3,6-11H,4-5,12-16H2,(H,27,32). The molecular weight excluding hydrogens is 451 g/mol. The number of aromatic nitrogens is 3. The Morgan fingerprint density at radius 3 is 2.33 bits per heavy atom. The van der Waals surface area contributed by atoms with Crippen molar-refractivity contribution < 1.29 is 18.0 Å². The van der Waals surface area contributed by atoms with E-state index in [0.717, 1.165) is 36.6 Å². The highest BCUT2D eigenvalue weighted by Gasteiger charge is 2.30. The van der Waals surface area contributed by atoms with Gasteiger partial charge in [0.1, 0.15) is 5.82 Å². The summed E-state index contributed by atoms with van der Waals surface area (Å²) < 4.78 is 40.1. The zero-order valence-electron chi connectivity index (χ0n) is 17.9. The van der Waals surface area contributed by atoms with Crippen LogP contribution in [-0.2, 0) is 24.1 Å². The van der Waals surface area contributed by atoms with E-state index in [1.807, 2.05) is 34.9 Å². The lowest BCUT2D eigenvalue weighted by atomic mass is 10.2. The van der Waals surface area contributed by atoms with Crippen molar-refractivity contribution in [3.63, 3.8) is 0 Å². The molecule has 0 radical (unpaired) electrons. The number of rotatable bonds is 8. The van der Waals surface area contributed by atoms with Crippen molar-refractivity contribution in [2.45, 2.75) is 37.3 Å². The second kappa shape index (κ2) is 10.4. The molecular formula is C23H24F3N5OS. The minimum atomic E-state index is -4.41. The van der Waals surface area contributed by atoms with Crippen molar-refractivity contribution in [2.24, 2.45) is 0 Å². The number of nitrogens with zero attached hydrogens (tertiary/aromatic N) is 4. The summed E-state index contributed by atoms with van der Waals surface area (Å²) in [6, 6.07) is 14.4. The smallest absolute Gasteiger partial charge is 0.325 e. The Morgan fingerprint density at radius 2 is 1.67 bits per heavy atom. The molecule has 0 atom stereocenters. The number of likely N-dealkylation sites (tertiary alicyclic amines) is 1. The van der Waals surface area contributed by atoms with Gasteiger partial charge in [-0.05, 0) is 55.8 Å². The molecule has 1 N–H and O–H groups in total. The normalized spacial score (nSPS) is 14.5. The Balaban J connectivity index is 1.42. The first kappa shape index (κ1) is 23.3. The van der Waals surface area contributed by atoms with Crippen molar-refractivity contribution >= 4 is 23.4 Å². The third kappa shape index (κ3) is 6.35. The molecule has 1 aromatic heterocycles. The minimum Gasteiger partial charge on any atom is -0.325 e. The van der Waals surface area contributed by atoms with Crippen LogP contribution in [0.2, 0.25) is 0 Å². The number of carbonyl (C=O) groups is 1. The molecule has 1 amide bonds. The maximum absolute atomic E-state index is 12.7. The van der Waals surface area contributed by atoms with E-state index >= 15 is 0 Å². The molecule has 1 aliphatic heterocycles. The second-order valence-corrected chi connectivity index (χ2v) is 8.81. The van der Waals surface area contributed by atoms with Crippen LogP contribution in [0.4, 0.5) is 18.9 Å². The molecule has 1 saturated heterocycles. The van der Waals surface area contributed by atoms with Crippen LogP contribution < -0.4 is 5.32 Å². The van der Waals surface area contributed by atoms with Crippen LogP contribution >= 0.6 is 11.8 Å². The predicted molar refractivity (Wildman–Crippen MR) is 121 cm³/mol. The van der Waals surface area contributed by atoms with Crippen molar-refractivity contribution in [2.75, 3.05) is 24.2 Å². The van der Waals surface area contributed by atoms with Gasteiger partial charge in [-0.3, -0.25) is 9.69 Å². The molecule has 0 aliphatic carbocycles. The number of thioether (sulfide) groups is 1. The summed E-state index contributed by atoms with van der Waals surface area (Å²) in [5, 5.41) is 12.0. The number of alkyl halides is 3. The van der Waals surface area contributed by atoms with Crippen LogP contribution in [-0.4, -0.2) is 44.4 Å². The number of nitrogens with one attached hydrogen (secondary N) is 1. The fourth-order valence-electron chi connectivity index (χ4n) is 3.68. The number of hydrogen-bond acceptors (Lipinski definition) is 5. The van der Waals surface area contributed by atoms with Crippen molar-refractivity contribution in [3.05, 3.63) is 71.5 Å². The van der Waals surface area contributed by atoms with Crippen LogP contribution in [0.1, 0.15) is 29.8 Å². The van der Waals surface area contributed by atoms with E-state index in [2.05, 4.69) is 20.4 Å². The summed E-state index contributed by atoms with van der Waals surface area (Å²) in [6.45, 7) is 3.38. The summed E-state index contributed by atoms with van der Waals surface area (Å²) in [6.07, 6.45) is -2.05. The number of carbonyl (C=O) groups excluding carboxylic acids is 1. The molecule has 0 spiro atoms. The second-order valence-electron chi connectivity index (χ2n) is 7.87. The fourth-order valence-corrected chi connectivity index (χ4v) is 4.43. The van der Waals surface area contributed by atoms with Gasteiger partial charge in [-0.25, -0.2) is 0 Å². The fraction of sp³-hybridized carbons (Fsp3) is 0.348. The molecule has 174 valence electrons. The van der Waals surface area contributed by atoms with Gasteiger partial charge in [0.2, 0.25) is 5.91 Å². The van der Waals surface area contributed by atoms with Crippen molar-refractivity contribution in [3.8, 4) is 0 Å². The number of halogens is 3. The Hall–Kier alpha value is -2.85. The molecule has 2 heterocycles. The third-order valence-electron chi connectivity index (χ3n) is 5.37. The van der Waals surface area contributed by atoms with Gasteiger partial charge in [-0.15, -0.1) is 10.2 Å². The van der Waals surface area contributed by atoms with Gasteiger partial charge >= 0.3 is 6.18 Å². The van der Waals surface area contributed by atoms with Crippen LogP contribution in [0, 0.1) is 0 Å². The lowest BCUT2D eigenvalue weighted by molar-refractivity contribution is -0.137. The van der Waals surface area contributed by atoms with Crippen molar-refractivity contribution in [1.29, 1.82) is 0 Å². The molecule has 3 aromatic rings. The molecule has 2 aromatic carbocycles. The molecule has 0 unspecified atom stereocenters. The average molecular weight is 476 g/mol. The highest BCUT2D eigenvalue weighted by Crippen LogP contribution is 2.30. The van der Waals surface area contributed by atoms with E-state index in [1.165, 1.54) is 36.7 Å². The quantitative estimate of drug-likeness (QED) is 0.480. The monoisotopic (exact) mass is 475 g/mol. The Bertz CT molecular complexity index is 1060. The first-order chi connectivity index (χ1) is 15.9. The SMILES string of the molecule is O=C(CSc1nnc(CN2CCCC2)n1Cc1ccccc1)Nc1ccc(C(F)(F)F)cc1. The van der Waals surface area contributed by atoms with E-state index in [1.54, 1.807) is 0 Å². The molecule has 6 nitrogen and oxygen atoms in total. The largest absolute Gasteiger partial charge is 0.416 e. The summed E-state index contributed by atoms with van der Waals surface area (Å²) in [5.41, 5.74) is 0.666. The maximum atomic E-state index is 12.7. The Labute approximate surface area is 194 Å². The van der Waals surface area contributed by atoms with Gasteiger partial charge < -0.3 is 9.88 Å². The van der Waals surface area contributed by atoms with Crippen LogP contribution in [0.15, 0.2) is 59.8 Å². The maximum Gasteiger partial charge on any atom is 0.416 e. The van der Waals surface area contributed by atoms with E-state index in [0.29, 0.717) is 23.9 Å². The number of amides is 1. The van der Waals surface area contributed by atoms with Gasteiger partial charge in [0, 0.05) is 5.69 Å². The zero-order chi connectivity index (χ0) is 23.3. The zero-order valence-corrected chi connectivity index (χ0v) is 18.7. The minimum absolute atomic E-state index is 0.0671. The molecule has 0 saturated carbocycles. The number of anilines is 1. The number of benzene rings is 2. The van der Waals surface area contributed by atoms with Crippen LogP contribution in [0.25, 0.3) is 0 Å². The van der Waals surface area contributed by atoms with Gasteiger partial charge in [0.05, 0.1) is 24.4 Å². The molecule has 10 heteroatoms. The van der Waals surface area contributed by atoms with E-state index in [-0.39, 0.29) is 11.7 Å². The first-order valence-corrected chi connectivity index (χ1v) is 11.7. The molecule has 4 rings (SSSR count). The van der Waals surface area contributed by atoms with Gasteiger partial charge in [-0.1, -0.05) is 42.1 Å². The Morgan fingerprint density at radius 1 is 0.970 bits per heavy atom. The van der Waals surface area contributed by atoms with Crippen LogP contribution in [0.5, 0.6) is 0 Å². The van der Waals surface area contributed by atoms with E-state index in [9.17, 15) is 18.0 Å². The summed E-state index contributed by atoms with van der Waals surface area (Å²) in [4.78, 5) is 14.7. The van der Waals surface area contributed by atoms with Crippen LogP contribution in [0.3, 0.4) is 0 Å². The highest BCUT2D eigenvalue weighted by molar-refractivity contribution is 7.99. The Kier molecular flexibility index (Phi) is 7.34. The topological polar surface area (TPSA) is 63.1 Å². The number of hydrogen-bond donors (Lipinski definition) is 1. The predicted octanol–water partition coefficient (Wildman–Crippen LogP) is 4.67. The third-order valence-corrected chi connectivity index (χ3v) is 6.34. The molecule has 1 aliphatic rings. The van der Waals surface area contributed by atoms with E-state index in [4.69, 9.17) is 0 Å². The molecule has 1 fully saturated rings. The summed E-state index contributed by atoms with van der Waals surface area (Å²) in [5.74, 6) is 0.596. The molecule has 0 bridgehead atoms. The van der Waals surface area contributed by atoms with E-state index < -0.39 is 11.7 Å². The van der Waals surface area contributed by atoms with Gasteiger partial charge in [-0.2, -0.15) is 13.2 Å². The molecule has 33 heavy (non-hydrogen) atoms. The average Bonchev–Trinajstić information content (AvgIpc) is 3.44. The highest BCUT2D eigenvalue weighted by atomic mass is 32.2. The summed E-state index contributed by atoms with van der Waals surface area (Å²) in [7, 11) is 0. The van der Waals surface area contributed by atoms with Gasteiger partial charge in [0.15, 0.2) is 5.16 Å². The lowest BCUT2D eigenvalue weighted by Gasteiger charge is -2.16. The van der Waals surface area contributed by atoms with Gasteiger partial charge in [0.25, 0.3) is 0 Å². The van der Waals surface area contributed by atoms with Crippen molar-refractivity contribution in [1.82, 2.24) is 19.7 Å². The summed E-state index contributed by atoms with van der Waals surface area (Å²) >= 11 is 1.26.